The lowest BCUT2D eigenvalue weighted by molar-refractivity contribution is -0.137. The number of benzene rings is 1. The Hall–Kier alpha value is -2.16. The molecule has 1 aromatic carbocycles. The second-order valence-corrected chi connectivity index (χ2v) is 7.59. The number of aromatic nitrogens is 1. The van der Waals surface area contributed by atoms with Crippen molar-refractivity contribution in [3.63, 3.8) is 0 Å². The summed E-state index contributed by atoms with van der Waals surface area (Å²) in [6.07, 6.45) is -1.08. The Morgan fingerprint density at radius 2 is 1.83 bits per heavy atom. The van der Waals surface area contributed by atoms with Crippen LogP contribution in [0.25, 0.3) is 11.1 Å². The number of aliphatic hydroxyl groups is 1. The van der Waals surface area contributed by atoms with Crippen LogP contribution in [0, 0.1) is 0 Å². The molecule has 2 aromatic rings. The SMILES string of the molecule is CCCN1CCN(CC(O)COc2cc(-c3cccnc3)cc(C(F)(F)F)c2)CC1. The Labute approximate surface area is 175 Å². The third-order valence-corrected chi connectivity index (χ3v) is 5.14. The van der Waals surface area contributed by atoms with E-state index in [4.69, 9.17) is 4.74 Å². The lowest BCUT2D eigenvalue weighted by Crippen LogP contribution is -2.49. The number of alkyl halides is 3. The number of hydrogen-bond acceptors (Lipinski definition) is 5. The minimum Gasteiger partial charge on any atom is -0.491 e. The lowest BCUT2D eigenvalue weighted by Gasteiger charge is -2.35. The molecule has 2 heterocycles. The van der Waals surface area contributed by atoms with Crippen LogP contribution in [0.5, 0.6) is 5.75 Å². The Balaban J connectivity index is 1.62. The van der Waals surface area contributed by atoms with Gasteiger partial charge >= 0.3 is 6.18 Å². The number of nitrogens with zero attached hydrogens (tertiary/aromatic N) is 3. The molecule has 1 atom stereocenters. The van der Waals surface area contributed by atoms with Crippen LogP contribution in [0.3, 0.4) is 0 Å². The highest BCUT2D eigenvalue weighted by Crippen LogP contribution is 2.35. The van der Waals surface area contributed by atoms with Gasteiger partial charge in [-0.05, 0) is 42.8 Å². The minimum atomic E-state index is -4.49. The van der Waals surface area contributed by atoms with Crippen molar-refractivity contribution in [3.05, 3.63) is 48.3 Å². The third-order valence-electron chi connectivity index (χ3n) is 5.14. The predicted molar refractivity (Wildman–Crippen MR) is 109 cm³/mol. The van der Waals surface area contributed by atoms with E-state index in [0.29, 0.717) is 17.7 Å². The molecular formula is C22H28F3N3O2. The summed E-state index contributed by atoms with van der Waals surface area (Å²) >= 11 is 0. The van der Waals surface area contributed by atoms with E-state index >= 15 is 0 Å². The molecule has 1 N–H and O–H groups in total. The summed E-state index contributed by atoms with van der Waals surface area (Å²) in [6.45, 7) is 7.26. The van der Waals surface area contributed by atoms with Crippen LogP contribution in [-0.4, -0.2) is 71.9 Å². The average Bonchev–Trinajstić information content (AvgIpc) is 2.74. The van der Waals surface area contributed by atoms with Gasteiger partial charge in [0.2, 0.25) is 0 Å². The molecule has 164 valence electrons. The summed E-state index contributed by atoms with van der Waals surface area (Å²) in [5.41, 5.74) is 0.147. The van der Waals surface area contributed by atoms with E-state index in [1.54, 1.807) is 24.4 Å². The number of hydrogen-bond donors (Lipinski definition) is 1. The molecule has 1 saturated heterocycles. The van der Waals surface area contributed by atoms with Gasteiger partial charge in [-0.25, -0.2) is 0 Å². The highest BCUT2D eigenvalue weighted by atomic mass is 19.4. The molecule has 0 saturated carbocycles. The summed E-state index contributed by atoms with van der Waals surface area (Å²) in [5, 5.41) is 10.3. The number of piperazine rings is 1. The Bertz CT molecular complexity index is 794. The Morgan fingerprint density at radius 1 is 1.10 bits per heavy atom. The minimum absolute atomic E-state index is 0.0665. The maximum Gasteiger partial charge on any atom is 0.416 e. The second kappa shape index (κ2) is 10.2. The topological polar surface area (TPSA) is 48.8 Å². The van der Waals surface area contributed by atoms with Gasteiger partial charge in [-0.1, -0.05) is 13.0 Å². The maximum atomic E-state index is 13.3. The molecule has 1 aromatic heterocycles. The van der Waals surface area contributed by atoms with Gasteiger partial charge in [0.15, 0.2) is 0 Å². The van der Waals surface area contributed by atoms with Crippen LogP contribution in [0.4, 0.5) is 13.2 Å². The largest absolute Gasteiger partial charge is 0.491 e. The van der Waals surface area contributed by atoms with Crippen molar-refractivity contribution in [3.8, 4) is 16.9 Å². The predicted octanol–water partition coefficient (Wildman–Crippen LogP) is 3.53. The molecule has 0 bridgehead atoms. The zero-order valence-corrected chi connectivity index (χ0v) is 17.1. The van der Waals surface area contributed by atoms with Gasteiger partial charge in [0.05, 0.1) is 5.56 Å². The number of pyridine rings is 1. The molecule has 1 aliphatic heterocycles. The van der Waals surface area contributed by atoms with E-state index in [1.165, 1.54) is 6.20 Å². The van der Waals surface area contributed by atoms with Gasteiger partial charge in [-0.15, -0.1) is 0 Å². The smallest absolute Gasteiger partial charge is 0.416 e. The van der Waals surface area contributed by atoms with Crippen molar-refractivity contribution in [2.24, 2.45) is 0 Å². The molecule has 0 radical (unpaired) electrons. The van der Waals surface area contributed by atoms with Crippen molar-refractivity contribution in [2.75, 3.05) is 45.9 Å². The van der Waals surface area contributed by atoms with E-state index in [0.717, 1.165) is 51.3 Å². The van der Waals surface area contributed by atoms with Crippen LogP contribution in [-0.2, 0) is 6.18 Å². The normalized spacial score (nSPS) is 17.1. The summed E-state index contributed by atoms with van der Waals surface area (Å²) < 4.78 is 45.5. The van der Waals surface area contributed by atoms with E-state index in [2.05, 4.69) is 21.7 Å². The number of β-amino-alcohol motifs (C(OH)–C–C–N with tert-alkyl or cyclic N) is 1. The summed E-state index contributed by atoms with van der Waals surface area (Å²) in [5.74, 6) is 0.0792. The molecule has 0 amide bonds. The van der Waals surface area contributed by atoms with Crippen LogP contribution < -0.4 is 4.74 Å². The second-order valence-electron chi connectivity index (χ2n) is 7.59. The zero-order chi connectivity index (χ0) is 21.6. The molecule has 1 aliphatic rings. The van der Waals surface area contributed by atoms with E-state index in [-0.39, 0.29) is 12.4 Å². The summed E-state index contributed by atoms with van der Waals surface area (Å²) in [4.78, 5) is 8.52. The van der Waals surface area contributed by atoms with E-state index in [1.807, 2.05) is 0 Å². The Morgan fingerprint density at radius 3 is 2.47 bits per heavy atom. The Kier molecular flexibility index (Phi) is 7.69. The maximum absolute atomic E-state index is 13.3. The highest BCUT2D eigenvalue weighted by molar-refractivity contribution is 5.65. The van der Waals surface area contributed by atoms with Crippen molar-refractivity contribution in [1.29, 1.82) is 0 Å². The number of ether oxygens (including phenoxy) is 1. The fraction of sp³-hybridized carbons (Fsp3) is 0.500. The standard InChI is InChI=1S/C22H28F3N3O2/c1-2-6-27-7-9-28(10-8-27)15-20(29)16-30-21-12-18(17-4-3-5-26-14-17)11-19(13-21)22(23,24)25/h3-5,11-14,20,29H,2,6-10,15-16H2,1H3. The molecule has 0 spiro atoms. The first-order chi connectivity index (χ1) is 14.3. The van der Waals surface area contributed by atoms with E-state index < -0.39 is 17.8 Å². The van der Waals surface area contributed by atoms with Crippen LogP contribution in [0.15, 0.2) is 42.7 Å². The lowest BCUT2D eigenvalue weighted by atomic mass is 10.0. The van der Waals surface area contributed by atoms with Gasteiger partial charge in [-0.2, -0.15) is 13.2 Å². The van der Waals surface area contributed by atoms with Gasteiger partial charge in [-0.3, -0.25) is 9.88 Å². The van der Waals surface area contributed by atoms with Gasteiger partial charge < -0.3 is 14.7 Å². The van der Waals surface area contributed by atoms with Gasteiger partial charge in [0.1, 0.15) is 18.5 Å². The fourth-order valence-corrected chi connectivity index (χ4v) is 3.60. The first-order valence-corrected chi connectivity index (χ1v) is 10.2. The highest BCUT2D eigenvalue weighted by Gasteiger charge is 2.31. The summed E-state index contributed by atoms with van der Waals surface area (Å²) in [6, 6.07) is 6.95. The average molecular weight is 423 g/mol. The van der Waals surface area contributed by atoms with E-state index in [9.17, 15) is 18.3 Å². The molecule has 1 unspecified atom stereocenters. The quantitative estimate of drug-likeness (QED) is 0.704. The monoisotopic (exact) mass is 423 g/mol. The molecule has 5 nitrogen and oxygen atoms in total. The van der Waals surface area contributed by atoms with Crippen molar-refractivity contribution in [1.82, 2.24) is 14.8 Å². The van der Waals surface area contributed by atoms with Crippen molar-refractivity contribution < 1.29 is 23.0 Å². The first kappa shape index (κ1) is 22.5. The number of aliphatic hydroxyl groups excluding tert-OH is 1. The molecule has 3 rings (SSSR count). The van der Waals surface area contributed by atoms with Crippen LogP contribution >= 0.6 is 0 Å². The third kappa shape index (κ3) is 6.42. The fourth-order valence-electron chi connectivity index (χ4n) is 3.60. The first-order valence-electron chi connectivity index (χ1n) is 10.2. The van der Waals surface area contributed by atoms with Gasteiger partial charge in [0.25, 0.3) is 0 Å². The van der Waals surface area contributed by atoms with Crippen LogP contribution in [0.1, 0.15) is 18.9 Å². The molecule has 0 aliphatic carbocycles. The molecular weight excluding hydrogens is 395 g/mol. The van der Waals surface area contributed by atoms with Crippen molar-refractivity contribution in [2.45, 2.75) is 25.6 Å². The zero-order valence-electron chi connectivity index (χ0n) is 17.1. The molecule has 8 heteroatoms. The molecule has 1 fully saturated rings. The molecule has 30 heavy (non-hydrogen) atoms. The van der Waals surface area contributed by atoms with Crippen LogP contribution in [0.2, 0.25) is 0 Å². The van der Waals surface area contributed by atoms with Gasteiger partial charge in [0, 0.05) is 50.7 Å². The van der Waals surface area contributed by atoms with Crippen molar-refractivity contribution >= 4 is 0 Å². The number of halogens is 3. The summed E-state index contributed by atoms with van der Waals surface area (Å²) in [7, 11) is 0. The number of rotatable bonds is 8.